The second kappa shape index (κ2) is 7.59. The van der Waals surface area contributed by atoms with Gasteiger partial charge in [-0.3, -0.25) is 4.79 Å². The van der Waals surface area contributed by atoms with Crippen LogP contribution < -0.4 is 16.4 Å². The maximum Gasteiger partial charge on any atom is 0.256 e. The third-order valence-corrected chi connectivity index (χ3v) is 5.25. The molecule has 0 spiro atoms. The molecule has 1 aliphatic heterocycles. The van der Waals surface area contributed by atoms with Gasteiger partial charge in [0.05, 0.1) is 5.56 Å². The summed E-state index contributed by atoms with van der Waals surface area (Å²) in [6.45, 7) is 3.27. The van der Waals surface area contributed by atoms with Gasteiger partial charge in [0.25, 0.3) is 5.91 Å². The molecule has 132 valence electrons. The van der Waals surface area contributed by atoms with E-state index in [-0.39, 0.29) is 12.1 Å². The fraction of sp³-hybridized carbons (Fsp3) is 0.278. The number of anilines is 1. The molecule has 2 unspecified atom stereocenters. The molecule has 2 aromatic rings. The predicted molar refractivity (Wildman–Crippen MR) is 108 cm³/mol. The van der Waals surface area contributed by atoms with Crippen LogP contribution in [0.15, 0.2) is 42.5 Å². The van der Waals surface area contributed by atoms with Gasteiger partial charge in [0, 0.05) is 27.4 Å². The van der Waals surface area contributed by atoms with Gasteiger partial charge >= 0.3 is 0 Å². The Kier molecular flexibility index (Phi) is 5.65. The molecule has 5 nitrogen and oxygen atoms in total. The summed E-state index contributed by atoms with van der Waals surface area (Å²) in [7, 11) is 0. The van der Waals surface area contributed by atoms with Gasteiger partial charge in [-0.25, -0.2) is 0 Å². The lowest BCUT2D eigenvalue weighted by molar-refractivity contribution is -0.107. The molecule has 1 fully saturated rings. The molecule has 3 rings (SSSR count). The van der Waals surface area contributed by atoms with Gasteiger partial charge < -0.3 is 21.1 Å². The average Bonchev–Trinajstić information content (AvgIpc) is 2.54. The zero-order chi connectivity index (χ0) is 18.0. The van der Waals surface area contributed by atoms with Crippen LogP contribution in [0, 0.1) is 3.57 Å². The number of benzene rings is 2. The van der Waals surface area contributed by atoms with E-state index in [1.807, 2.05) is 31.2 Å². The minimum Gasteiger partial charge on any atom is -0.350 e. The van der Waals surface area contributed by atoms with Crippen molar-refractivity contribution >= 4 is 45.8 Å². The summed E-state index contributed by atoms with van der Waals surface area (Å²) < 4.78 is 6.73. The molecule has 0 aromatic heterocycles. The Morgan fingerprint density at radius 1 is 1.40 bits per heavy atom. The molecule has 0 radical (unpaired) electrons. The number of hydrogen-bond donors (Lipinski definition) is 3. The minimum absolute atomic E-state index is 0.178. The van der Waals surface area contributed by atoms with Crippen molar-refractivity contribution in [3.8, 4) is 0 Å². The maximum absolute atomic E-state index is 12.5. The van der Waals surface area contributed by atoms with E-state index in [1.54, 1.807) is 18.2 Å². The van der Waals surface area contributed by atoms with Crippen LogP contribution in [0.4, 0.5) is 5.69 Å². The molecule has 1 saturated heterocycles. The summed E-state index contributed by atoms with van der Waals surface area (Å²) in [6, 6.07) is 12.8. The smallest absolute Gasteiger partial charge is 0.256 e. The molecule has 4 N–H and O–H groups in total. The molecule has 2 aromatic carbocycles. The van der Waals surface area contributed by atoms with Crippen LogP contribution >= 0.6 is 34.2 Å². The highest BCUT2D eigenvalue weighted by Gasteiger charge is 2.33. The Hall–Kier alpha value is -1.19. The fourth-order valence-electron chi connectivity index (χ4n) is 2.84. The number of carbonyl (C=O) groups excluding carboxylic acids is 1. The van der Waals surface area contributed by atoms with Crippen molar-refractivity contribution in [1.82, 2.24) is 5.32 Å². The Morgan fingerprint density at radius 3 is 2.92 bits per heavy atom. The molecule has 1 heterocycles. The van der Waals surface area contributed by atoms with Crippen molar-refractivity contribution in [3.05, 3.63) is 62.2 Å². The van der Waals surface area contributed by atoms with Crippen molar-refractivity contribution in [3.63, 3.8) is 0 Å². The van der Waals surface area contributed by atoms with E-state index in [0.717, 1.165) is 9.13 Å². The molecule has 1 amide bonds. The number of carbonyl (C=O) groups is 1. The third kappa shape index (κ3) is 4.32. The number of halogens is 2. The molecular formula is C18H19ClIN3O2. The fourth-order valence-corrected chi connectivity index (χ4v) is 3.95. The Bertz CT molecular complexity index is 802. The first kappa shape index (κ1) is 18.6. The summed E-state index contributed by atoms with van der Waals surface area (Å²) >= 11 is 8.05. The summed E-state index contributed by atoms with van der Waals surface area (Å²) in [5.41, 5.74) is 7.62. The molecule has 0 saturated carbocycles. The Balaban J connectivity index is 1.81. The van der Waals surface area contributed by atoms with Crippen LogP contribution in [0.25, 0.3) is 0 Å². The lowest BCUT2D eigenvalue weighted by atomic mass is 9.94. The van der Waals surface area contributed by atoms with Crippen molar-refractivity contribution in [1.29, 1.82) is 0 Å². The molecule has 1 aliphatic rings. The van der Waals surface area contributed by atoms with Crippen molar-refractivity contribution in [2.75, 3.05) is 18.4 Å². The number of rotatable bonds is 3. The summed E-state index contributed by atoms with van der Waals surface area (Å²) in [6.07, 6.45) is -0.354. The van der Waals surface area contributed by atoms with Gasteiger partial charge in [-0.2, -0.15) is 0 Å². The largest absolute Gasteiger partial charge is 0.350 e. The second-order valence-electron chi connectivity index (χ2n) is 6.18. The molecule has 25 heavy (non-hydrogen) atoms. The van der Waals surface area contributed by atoms with Crippen LogP contribution in [0.2, 0.25) is 5.02 Å². The zero-order valence-electron chi connectivity index (χ0n) is 13.7. The van der Waals surface area contributed by atoms with Gasteiger partial charge in [-0.1, -0.05) is 23.7 Å². The van der Waals surface area contributed by atoms with E-state index >= 15 is 0 Å². The number of ether oxygens (including phenoxy) is 1. The maximum atomic E-state index is 12.5. The first-order valence-electron chi connectivity index (χ1n) is 7.88. The van der Waals surface area contributed by atoms with Crippen LogP contribution in [-0.2, 0) is 10.3 Å². The van der Waals surface area contributed by atoms with Crippen LogP contribution in [-0.4, -0.2) is 25.2 Å². The SMILES string of the molecule is CC1(c2cccc(NC(=O)c3ccc(Cl)cc3I)c2)CNCC(N)O1. The number of nitrogens with two attached hydrogens (primary N) is 1. The molecular weight excluding hydrogens is 453 g/mol. The highest BCUT2D eigenvalue weighted by atomic mass is 127. The van der Waals surface area contributed by atoms with Crippen molar-refractivity contribution in [2.45, 2.75) is 18.8 Å². The lowest BCUT2D eigenvalue weighted by Crippen LogP contribution is -2.53. The first-order chi connectivity index (χ1) is 11.9. The Labute approximate surface area is 165 Å². The van der Waals surface area contributed by atoms with E-state index in [4.69, 9.17) is 22.1 Å². The second-order valence-corrected chi connectivity index (χ2v) is 7.78. The molecule has 7 heteroatoms. The van der Waals surface area contributed by atoms with E-state index in [2.05, 4.69) is 33.2 Å². The van der Waals surface area contributed by atoms with Crippen LogP contribution in [0.1, 0.15) is 22.8 Å². The quantitative estimate of drug-likeness (QED) is 0.600. The number of hydrogen-bond acceptors (Lipinski definition) is 4. The topological polar surface area (TPSA) is 76.4 Å². The standard InChI is InChI=1S/C18H19ClIN3O2/c1-18(10-22-9-16(21)25-18)11-3-2-4-13(7-11)23-17(24)14-6-5-12(19)8-15(14)20/h2-8,16,22H,9-10,21H2,1H3,(H,23,24). The zero-order valence-corrected chi connectivity index (χ0v) is 16.6. The highest BCUT2D eigenvalue weighted by Crippen LogP contribution is 2.29. The monoisotopic (exact) mass is 471 g/mol. The van der Waals surface area contributed by atoms with Crippen LogP contribution in [0.5, 0.6) is 0 Å². The lowest BCUT2D eigenvalue weighted by Gasteiger charge is -2.38. The minimum atomic E-state index is -0.535. The van der Waals surface area contributed by atoms with Crippen molar-refractivity contribution in [2.24, 2.45) is 5.73 Å². The third-order valence-electron chi connectivity index (χ3n) is 4.13. The number of morpholine rings is 1. The number of nitrogens with one attached hydrogen (secondary N) is 2. The van der Waals surface area contributed by atoms with Gasteiger partial charge in [-0.05, 0) is 65.4 Å². The predicted octanol–water partition coefficient (Wildman–Crippen LogP) is 3.32. The van der Waals surface area contributed by atoms with Gasteiger partial charge in [0.2, 0.25) is 0 Å². The summed E-state index contributed by atoms with van der Waals surface area (Å²) in [5.74, 6) is -0.178. The summed E-state index contributed by atoms with van der Waals surface area (Å²) in [5, 5.41) is 6.81. The van der Waals surface area contributed by atoms with E-state index in [1.165, 1.54) is 0 Å². The van der Waals surface area contributed by atoms with E-state index < -0.39 is 5.60 Å². The number of amides is 1. The average molecular weight is 472 g/mol. The highest BCUT2D eigenvalue weighted by molar-refractivity contribution is 14.1. The normalized spacial score (nSPS) is 23.3. The first-order valence-corrected chi connectivity index (χ1v) is 9.34. The molecule has 2 atom stereocenters. The van der Waals surface area contributed by atoms with Crippen LogP contribution in [0.3, 0.4) is 0 Å². The summed E-state index contributed by atoms with van der Waals surface area (Å²) in [4.78, 5) is 12.5. The van der Waals surface area contributed by atoms with Gasteiger partial charge in [0.1, 0.15) is 11.8 Å². The van der Waals surface area contributed by atoms with Crippen molar-refractivity contribution < 1.29 is 9.53 Å². The molecule has 0 bridgehead atoms. The van der Waals surface area contributed by atoms with Gasteiger partial charge in [0.15, 0.2) is 0 Å². The van der Waals surface area contributed by atoms with Gasteiger partial charge in [-0.15, -0.1) is 0 Å². The van der Waals surface area contributed by atoms with E-state index in [0.29, 0.717) is 29.4 Å². The van der Waals surface area contributed by atoms with E-state index in [9.17, 15) is 4.79 Å². The molecule has 0 aliphatic carbocycles. The Morgan fingerprint density at radius 2 is 2.20 bits per heavy atom.